The van der Waals surface area contributed by atoms with Crippen LogP contribution in [0.15, 0.2) is 64.1 Å². The normalized spacial score (nSPS) is 10.9. The van der Waals surface area contributed by atoms with E-state index in [1.807, 2.05) is 52.4 Å². The van der Waals surface area contributed by atoms with E-state index < -0.39 is 0 Å². The van der Waals surface area contributed by atoms with Gasteiger partial charge >= 0.3 is 0 Å². The fraction of sp³-hybridized carbons (Fsp3) is 0.158. The zero-order chi connectivity index (χ0) is 19.3. The Morgan fingerprint density at radius 2 is 2.11 bits per heavy atom. The third kappa shape index (κ3) is 3.85. The van der Waals surface area contributed by atoms with Gasteiger partial charge in [0.25, 0.3) is 0 Å². The molecule has 0 fully saturated rings. The van der Waals surface area contributed by atoms with Gasteiger partial charge in [-0.2, -0.15) is 4.98 Å². The van der Waals surface area contributed by atoms with Crippen LogP contribution in [0, 0.1) is 0 Å². The van der Waals surface area contributed by atoms with E-state index in [-0.39, 0.29) is 0 Å². The standard InChI is InChI=1S/C19H17N5O2S2/c1-3-10-24-18(13-6-8-14(25-2)9-7-13)21-22-19(24)28-12-16-20-17(23-26-16)15-5-4-11-27-15/h3-9,11H,1,10,12H2,2H3. The van der Waals surface area contributed by atoms with Gasteiger partial charge in [-0.3, -0.25) is 4.57 Å². The van der Waals surface area contributed by atoms with Crippen molar-refractivity contribution in [3.63, 3.8) is 0 Å². The summed E-state index contributed by atoms with van der Waals surface area (Å²) in [5.41, 5.74) is 0.958. The van der Waals surface area contributed by atoms with E-state index in [1.165, 1.54) is 11.8 Å². The fourth-order valence-electron chi connectivity index (χ4n) is 2.59. The molecule has 0 saturated heterocycles. The summed E-state index contributed by atoms with van der Waals surface area (Å²) in [4.78, 5) is 5.43. The molecule has 4 rings (SSSR count). The topological polar surface area (TPSA) is 78.9 Å². The summed E-state index contributed by atoms with van der Waals surface area (Å²) in [5.74, 6) is 3.24. The maximum absolute atomic E-state index is 5.36. The zero-order valence-corrected chi connectivity index (χ0v) is 16.7. The maximum Gasteiger partial charge on any atom is 0.237 e. The molecule has 0 N–H and O–H groups in total. The molecule has 1 aromatic carbocycles. The van der Waals surface area contributed by atoms with E-state index in [1.54, 1.807) is 18.4 Å². The average Bonchev–Trinajstić information content (AvgIpc) is 3.47. The number of thiophene rings is 1. The second-order valence-corrected chi connectivity index (χ2v) is 7.60. The summed E-state index contributed by atoms with van der Waals surface area (Å²) in [6, 6.07) is 11.7. The molecule has 28 heavy (non-hydrogen) atoms. The highest BCUT2D eigenvalue weighted by Crippen LogP contribution is 2.28. The third-order valence-corrected chi connectivity index (χ3v) is 5.73. The number of benzene rings is 1. The second kappa shape index (κ2) is 8.41. The van der Waals surface area contributed by atoms with E-state index in [0.717, 1.165) is 27.2 Å². The van der Waals surface area contributed by atoms with Crippen molar-refractivity contribution < 1.29 is 9.26 Å². The molecule has 0 aliphatic rings. The van der Waals surface area contributed by atoms with Crippen molar-refractivity contribution in [2.24, 2.45) is 0 Å². The van der Waals surface area contributed by atoms with Gasteiger partial charge in [-0.05, 0) is 35.7 Å². The van der Waals surface area contributed by atoms with Gasteiger partial charge in [0, 0.05) is 12.1 Å². The summed E-state index contributed by atoms with van der Waals surface area (Å²) in [5, 5.41) is 15.5. The van der Waals surface area contributed by atoms with Gasteiger partial charge in [0.15, 0.2) is 11.0 Å². The fourth-order valence-corrected chi connectivity index (χ4v) is 4.02. The molecule has 0 saturated carbocycles. The first kappa shape index (κ1) is 18.5. The lowest BCUT2D eigenvalue weighted by atomic mass is 10.2. The summed E-state index contributed by atoms with van der Waals surface area (Å²) in [7, 11) is 1.64. The molecule has 4 aromatic rings. The molecular weight excluding hydrogens is 394 g/mol. The third-order valence-electron chi connectivity index (χ3n) is 3.91. The summed E-state index contributed by atoms with van der Waals surface area (Å²) in [6.07, 6.45) is 1.82. The first-order valence-electron chi connectivity index (χ1n) is 8.46. The minimum Gasteiger partial charge on any atom is -0.497 e. The first-order chi connectivity index (χ1) is 13.8. The highest BCUT2D eigenvalue weighted by Gasteiger charge is 2.16. The van der Waals surface area contributed by atoms with Crippen molar-refractivity contribution in [1.29, 1.82) is 0 Å². The van der Waals surface area contributed by atoms with Crippen molar-refractivity contribution in [1.82, 2.24) is 24.9 Å². The number of hydrogen-bond donors (Lipinski definition) is 0. The van der Waals surface area contributed by atoms with Crippen LogP contribution in [0.25, 0.3) is 22.1 Å². The lowest BCUT2D eigenvalue weighted by Gasteiger charge is -2.07. The molecule has 0 bridgehead atoms. The minimum atomic E-state index is 0.510. The molecule has 0 aliphatic heterocycles. The number of rotatable bonds is 8. The number of hydrogen-bond acceptors (Lipinski definition) is 8. The van der Waals surface area contributed by atoms with Crippen molar-refractivity contribution in [2.75, 3.05) is 7.11 Å². The van der Waals surface area contributed by atoms with Crippen LogP contribution in [0.5, 0.6) is 5.75 Å². The molecule has 0 radical (unpaired) electrons. The van der Waals surface area contributed by atoms with Crippen LogP contribution in [0.4, 0.5) is 0 Å². The Morgan fingerprint density at radius 3 is 2.82 bits per heavy atom. The molecular formula is C19H17N5O2S2. The van der Waals surface area contributed by atoms with Gasteiger partial charge in [0.05, 0.1) is 17.7 Å². The quantitative estimate of drug-likeness (QED) is 0.311. The molecule has 9 heteroatoms. The van der Waals surface area contributed by atoms with E-state index in [9.17, 15) is 0 Å². The van der Waals surface area contributed by atoms with Gasteiger partial charge < -0.3 is 9.26 Å². The molecule has 0 aliphatic carbocycles. The monoisotopic (exact) mass is 411 g/mol. The largest absolute Gasteiger partial charge is 0.497 e. The predicted octanol–water partition coefficient (Wildman–Crippen LogP) is 4.54. The Morgan fingerprint density at radius 1 is 1.25 bits per heavy atom. The van der Waals surface area contributed by atoms with Crippen LogP contribution in [-0.2, 0) is 12.3 Å². The van der Waals surface area contributed by atoms with Crippen LogP contribution in [-0.4, -0.2) is 32.0 Å². The molecule has 3 heterocycles. The molecule has 7 nitrogen and oxygen atoms in total. The Bertz CT molecular complexity index is 1050. The summed E-state index contributed by atoms with van der Waals surface area (Å²) < 4.78 is 12.6. The first-order valence-corrected chi connectivity index (χ1v) is 10.3. The molecule has 0 atom stereocenters. The number of ether oxygens (including phenoxy) is 1. The zero-order valence-electron chi connectivity index (χ0n) is 15.1. The number of aromatic nitrogens is 5. The maximum atomic E-state index is 5.36. The van der Waals surface area contributed by atoms with Crippen LogP contribution < -0.4 is 4.74 Å². The van der Waals surface area contributed by atoms with Crippen molar-refractivity contribution in [3.8, 4) is 27.8 Å². The van der Waals surface area contributed by atoms with Crippen LogP contribution in [0.1, 0.15) is 5.89 Å². The number of thioether (sulfide) groups is 1. The summed E-state index contributed by atoms with van der Waals surface area (Å²) in [6.45, 7) is 4.44. The van der Waals surface area contributed by atoms with Crippen LogP contribution in [0.3, 0.4) is 0 Å². The lowest BCUT2D eigenvalue weighted by molar-refractivity contribution is 0.391. The van der Waals surface area contributed by atoms with Gasteiger partial charge in [-0.25, -0.2) is 0 Å². The van der Waals surface area contributed by atoms with Crippen LogP contribution >= 0.6 is 23.1 Å². The number of allylic oxidation sites excluding steroid dienone is 1. The van der Waals surface area contributed by atoms with E-state index in [2.05, 4.69) is 26.9 Å². The SMILES string of the molecule is C=CCn1c(SCc2nc(-c3cccs3)no2)nnc1-c1ccc(OC)cc1. The molecule has 0 amide bonds. The molecule has 0 unspecified atom stereocenters. The van der Waals surface area contributed by atoms with E-state index in [0.29, 0.717) is 24.0 Å². The highest BCUT2D eigenvalue weighted by molar-refractivity contribution is 7.98. The number of methoxy groups -OCH3 is 1. The lowest BCUT2D eigenvalue weighted by Crippen LogP contribution is -2.00. The minimum absolute atomic E-state index is 0.510. The Hall–Kier alpha value is -2.91. The predicted molar refractivity (Wildman–Crippen MR) is 109 cm³/mol. The Balaban J connectivity index is 1.53. The Kier molecular flexibility index (Phi) is 5.54. The van der Waals surface area contributed by atoms with Gasteiger partial charge in [0.1, 0.15) is 5.75 Å². The molecule has 3 aromatic heterocycles. The smallest absolute Gasteiger partial charge is 0.237 e. The highest BCUT2D eigenvalue weighted by atomic mass is 32.2. The van der Waals surface area contributed by atoms with Crippen molar-refractivity contribution in [3.05, 3.63) is 60.3 Å². The molecule has 0 spiro atoms. The number of nitrogens with zero attached hydrogens (tertiary/aromatic N) is 5. The van der Waals surface area contributed by atoms with Crippen molar-refractivity contribution >= 4 is 23.1 Å². The van der Waals surface area contributed by atoms with Crippen molar-refractivity contribution in [2.45, 2.75) is 17.5 Å². The summed E-state index contributed by atoms with van der Waals surface area (Å²) >= 11 is 3.08. The van der Waals surface area contributed by atoms with Gasteiger partial charge in [-0.15, -0.1) is 28.1 Å². The van der Waals surface area contributed by atoms with E-state index in [4.69, 9.17) is 9.26 Å². The average molecular weight is 412 g/mol. The Labute approximate surface area is 170 Å². The molecule has 142 valence electrons. The van der Waals surface area contributed by atoms with E-state index >= 15 is 0 Å². The van der Waals surface area contributed by atoms with Gasteiger partial charge in [-0.1, -0.05) is 29.1 Å². The van der Waals surface area contributed by atoms with Crippen LogP contribution in [0.2, 0.25) is 0 Å². The second-order valence-electron chi connectivity index (χ2n) is 5.71. The van der Waals surface area contributed by atoms with Gasteiger partial charge in [0.2, 0.25) is 11.7 Å².